The summed E-state index contributed by atoms with van der Waals surface area (Å²) >= 11 is 6.04. The van der Waals surface area contributed by atoms with E-state index in [9.17, 15) is 18.5 Å². The Kier molecular flexibility index (Phi) is 5.90. The van der Waals surface area contributed by atoms with Crippen LogP contribution in [0.25, 0.3) is 11.0 Å². The van der Waals surface area contributed by atoms with E-state index in [-0.39, 0.29) is 33.5 Å². The summed E-state index contributed by atoms with van der Waals surface area (Å²) in [7, 11) is -4.21. The van der Waals surface area contributed by atoms with Crippen molar-refractivity contribution in [3.05, 3.63) is 81.4 Å². The Labute approximate surface area is 186 Å². The summed E-state index contributed by atoms with van der Waals surface area (Å²) in [6, 6.07) is 15.0. The molecule has 1 heterocycles. The third kappa shape index (κ3) is 4.61. The number of nitro groups is 1. The van der Waals surface area contributed by atoms with Gasteiger partial charge in [-0.15, -0.1) is 0 Å². The van der Waals surface area contributed by atoms with Gasteiger partial charge in [0.05, 0.1) is 21.3 Å². The average Bonchev–Trinajstić information content (AvgIpc) is 3.23. The first kappa shape index (κ1) is 21.5. The summed E-state index contributed by atoms with van der Waals surface area (Å²) in [4.78, 5) is 10.2. The number of benzene rings is 3. The van der Waals surface area contributed by atoms with Crippen LogP contribution in [0.3, 0.4) is 0 Å². The molecule has 0 aliphatic carbocycles. The molecule has 4 rings (SSSR count). The van der Waals surface area contributed by atoms with Crippen molar-refractivity contribution < 1.29 is 18.0 Å². The van der Waals surface area contributed by atoms with E-state index in [1.165, 1.54) is 24.3 Å². The lowest BCUT2D eigenvalue weighted by Crippen LogP contribution is -2.24. The lowest BCUT2D eigenvalue weighted by atomic mass is 10.2. The average molecular weight is 475 g/mol. The Balaban J connectivity index is 1.58. The van der Waals surface area contributed by atoms with Crippen molar-refractivity contribution in [3.63, 3.8) is 0 Å². The molecule has 164 valence electrons. The van der Waals surface area contributed by atoms with Gasteiger partial charge in [-0.2, -0.15) is 0 Å². The highest BCUT2D eigenvalue weighted by Crippen LogP contribution is 2.30. The highest BCUT2D eigenvalue weighted by atomic mass is 35.5. The van der Waals surface area contributed by atoms with Crippen LogP contribution in [0.1, 0.15) is 5.56 Å². The van der Waals surface area contributed by atoms with Gasteiger partial charge in [0.2, 0.25) is 0 Å². The third-order valence-corrected chi connectivity index (χ3v) is 6.15. The van der Waals surface area contributed by atoms with Crippen LogP contribution >= 0.6 is 11.6 Å². The van der Waals surface area contributed by atoms with E-state index in [0.29, 0.717) is 11.0 Å². The van der Waals surface area contributed by atoms with E-state index in [1.807, 2.05) is 0 Å². The summed E-state index contributed by atoms with van der Waals surface area (Å²) in [5.41, 5.74) is 7.57. The van der Waals surface area contributed by atoms with Gasteiger partial charge in [-0.1, -0.05) is 29.8 Å². The Morgan fingerprint density at radius 1 is 1.00 bits per heavy atom. The van der Waals surface area contributed by atoms with E-state index in [2.05, 4.69) is 30.5 Å². The molecule has 0 radical (unpaired) electrons. The molecular weight excluding hydrogens is 460 g/mol. The predicted molar refractivity (Wildman–Crippen MR) is 118 cm³/mol. The summed E-state index contributed by atoms with van der Waals surface area (Å²) in [6.45, 7) is 0.289. The van der Waals surface area contributed by atoms with Crippen LogP contribution in [0.5, 0.6) is 0 Å². The molecule has 0 atom stereocenters. The first-order valence-electron chi connectivity index (χ1n) is 9.09. The minimum Gasteiger partial charge on any atom is -0.320 e. The second-order valence-electron chi connectivity index (χ2n) is 6.59. The topological polar surface area (TPSA) is 152 Å². The molecule has 32 heavy (non-hydrogen) atoms. The number of hydrazine groups is 1. The van der Waals surface area contributed by atoms with Crippen LogP contribution in [0, 0.1) is 10.1 Å². The number of hydrogen-bond donors (Lipinski definition) is 3. The minimum atomic E-state index is -4.21. The largest absolute Gasteiger partial charge is 0.320 e. The standard InChI is InChI=1S/C19H15ClN6O5S/c20-14-3-1-2-4-15(14)25-32(29,30)19-10-13(26(27)28)6-8-17(19)22-21-11-12-5-7-16-18(9-12)24-31-23-16/h1-10,21-22,25H,11H2. The van der Waals surface area contributed by atoms with Crippen LogP contribution in [0.15, 0.2) is 70.2 Å². The fourth-order valence-electron chi connectivity index (χ4n) is 2.87. The summed E-state index contributed by atoms with van der Waals surface area (Å²) in [5, 5.41) is 18.9. The Morgan fingerprint density at radius 2 is 1.78 bits per heavy atom. The van der Waals surface area contributed by atoms with E-state index < -0.39 is 14.9 Å². The predicted octanol–water partition coefficient (Wildman–Crippen LogP) is 3.70. The number of non-ortho nitro benzene ring substituents is 1. The zero-order chi connectivity index (χ0) is 22.7. The summed E-state index contributed by atoms with van der Waals surface area (Å²) in [6.07, 6.45) is 0. The number of fused-ring (bicyclic) bond motifs is 1. The van der Waals surface area contributed by atoms with Crippen LogP contribution in [0.2, 0.25) is 5.02 Å². The zero-order valence-corrected chi connectivity index (χ0v) is 17.7. The first-order chi connectivity index (χ1) is 15.3. The number of nitrogens with zero attached hydrogens (tertiary/aromatic N) is 3. The maximum absolute atomic E-state index is 13.0. The molecule has 11 nitrogen and oxygen atoms in total. The number of aromatic nitrogens is 2. The number of nitro benzene ring substituents is 1. The van der Waals surface area contributed by atoms with Crippen molar-refractivity contribution in [1.29, 1.82) is 0 Å². The molecule has 0 spiro atoms. The zero-order valence-electron chi connectivity index (χ0n) is 16.1. The summed E-state index contributed by atoms with van der Waals surface area (Å²) in [5.74, 6) is 0. The van der Waals surface area contributed by atoms with Gasteiger partial charge in [0.25, 0.3) is 15.7 Å². The SMILES string of the molecule is O=[N+]([O-])c1ccc(NNCc2ccc3nonc3c2)c(S(=O)(=O)Nc2ccccc2Cl)c1. The number of nitrogens with one attached hydrogen (secondary N) is 3. The molecule has 4 aromatic rings. The van der Waals surface area contributed by atoms with E-state index >= 15 is 0 Å². The van der Waals surface area contributed by atoms with Crippen LogP contribution in [-0.2, 0) is 16.6 Å². The van der Waals surface area contributed by atoms with Crippen molar-refractivity contribution in [1.82, 2.24) is 15.7 Å². The molecule has 3 aromatic carbocycles. The molecular formula is C19H15ClN6O5S. The van der Waals surface area contributed by atoms with Gasteiger partial charge in [-0.05, 0) is 46.2 Å². The second kappa shape index (κ2) is 8.78. The van der Waals surface area contributed by atoms with Gasteiger partial charge >= 0.3 is 0 Å². The number of rotatable bonds is 8. The molecule has 13 heteroatoms. The quantitative estimate of drug-likeness (QED) is 0.256. The molecule has 0 saturated carbocycles. The molecule has 0 aliphatic rings. The number of sulfonamides is 1. The van der Waals surface area contributed by atoms with Crippen molar-refractivity contribution in [2.75, 3.05) is 10.1 Å². The van der Waals surface area contributed by atoms with Crippen LogP contribution < -0.4 is 15.6 Å². The first-order valence-corrected chi connectivity index (χ1v) is 11.0. The van der Waals surface area contributed by atoms with Gasteiger partial charge in [0.1, 0.15) is 15.9 Å². The lowest BCUT2D eigenvalue weighted by molar-refractivity contribution is -0.385. The lowest BCUT2D eigenvalue weighted by Gasteiger charge is -2.15. The summed E-state index contributed by atoms with van der Waals surface area (Å²) < 4.78 is 33.0. The molecule has 0 fully saturated rings. The van der Waals surface area contributed by atoms with Crippen LogP contribution in [0.4, 0.5) is 17.1 Å². The van der Waals surface area contributed by atoms with Crippen molar-refractivity contribution in [2.24, 2.45) is 0 Å². The fraction of sp³-hybridized carbons (Fsp3) is 0.0526. The monoisotopic (exact) mass is 474 g/mol. The Bertz CT molecular complexity index is 1410. The molecule has 1 aromatic heterocycles. The maximum Gasteiger partial charge on any atom is 0.270 e. The van der Waals surface area contributed by atoms with Gasteiger partial charge < -0.3 is 5.43 Å². The fourth-order valence-corrected chi connectivity index (χ4v) is 4.37. The van der Waals surface area contributed by atoms with Gasteiger partial charge in [0.15, 0.2) is 0 Å². The van der Waals surface area contributed by atoms with Crippen LogP contribution in [-0.4, -0.2) is 23.7 Å². The number of para-hydroxylation sites is 1. The molecule has 0 amide bonds. The molecule has 0 saturated heterocycles. The third-order valence-electron chi connectivity index (χ3n) is 4.42. The van der Waals surface area contributed by atoms with Gasteiger partial charge in [-0.25, -0.2) is 18.5 Å². The van der Waals surface area contributed by atoms with E-state index in [0.717, 1.165) is 11.6 Å². The Morgan fingerprint density at radius 3 is 2.56 bits per heavy atom. The molecule has 3 N–H and O–H groups in total. The van der Waals surface area contributed by atoms with Gasteiger partial charge in [-0.3, -0.25) is 14.8 Å². The number of hydrogen-bond acceptors (Lipinski definition) is 9. The van der Waals surface area contributed by atoms with E-state index in [4.69, 9.17) is 11.6 Å². The maximum atomic E-state index is 13.0. The van der Waals surface area contributed by atoms with Crippen molar-refractivity contribution >= 4 is 49.7 Å². The van der Waals surface area contributed by atoms with Crippen molar-refractivity contribution in [3.8, 4) is 0 Å². The molecule has 0 aliphatic heterocycles. The normalized spacial score (nSPS) is 11.4. The van der Waals surface area contributed by atoms with Crippen molar-refractivity contribution in [2.45, 2.75) is 11.4 Å². The van der Waals surface area contributed by atoms with E-state index in [1.54, 1.807) is 30.3 Å². The Hall–Kier alpha value is -3.74. The highest BCUT2D eigenvalue weighted by molar-refractivity contribution is 7.93. The van der Waals surface area contributed by atoms with Gasteiger partial charge in [0, 0.05) is 18.7 Å². The minimum absolute atomic E-state index is 0.110. The number of anilines is 2. The smallest absolute Gasteiger partial charge is 0.270 e. The molecule has 0 unspecified atom stereocenters. The molecule has 0 bridgehead atoms. The number of halogens is 1. The second-order valence-corrected chi connectivity index (χ2v) is 8.65. The highest BCUT2D eigenvalue weighted by Gasteiger charge is 2.23.